The molecule has 6 nitrogen and oxygen atoms in total. The summed E-state index contributed by atoms with van der Waals surface area (Å²) in [5.74, 6) is 0.790. The van der Waals surface area contributed by atoms with Crippen LogP contribution in [0.2, 0.25) is 0 Å². The van der Waals surface area contributed by atoms with E-state index in [-0.39, 0.29) is 12.0 Å². The summed E-state index contributed by atoms with van der Waals surface area (Å²) in [5, 5.41) is 8.57. The maximum atomic E-state index is 13.6. The fraction of sp³-hybridized carbons (Fsp3) is 0.478. The summed E-state index contributed by atoms with van der Waals surface area (Å²) in [5.41, 5.74) is 2.85. The van der Waals surface area contributed by atoms with Crippen molar-refractivity contribution < 1.29 is 4.79 Å². The van der Waals surface area contributed by atoms with Gasteiger partial charge in [0.15, 0.2) is 5.65 Å². The second-order valence-corrected chi connectivity index (χ2v) is 8.37. The van der Waals surface area contributed by atoms with Crippen molar-refractivity contribution in [3.63, 3.8) is 0 Å². The minimum atomic E-state index is 0.00381. The molecule has 0 N–H and O–H groups in total. The maximum Gasteiger partial charge on any atom is 0.230 e. The van der Waals surface area contributed by atoms with Gasteiger partial charge in [-0.1, -0.05) is 48.4 Å². The van der Waals surface area contributed by atoms with E-state index in [1.54, 1.807) is 6.20 Å². The Kier molecular flexibility index (Phi) is 5.00. The number of likely N-dealkylation sites (tertiary alicyclic amines) is 1. The van der Waals surface area contributed by atoms with Gasteiger partial charge in [0.1, 0.15) is 5.52 Å². The number of carbonyl (C=O) groups is 1. The summed E-state index contributed by atoms with van der Waals surface area (Å²) in [7, 11) is 0. The molecule has 1 amide bonds. The van der Waals surface area contributed by atoms with E-state index in [0.29, 0.717) is 11.8 Å². The van der Waals surface area contributed by atoms with Crippen LogP contribution in [0.15, 0.2) is 48.7 Å². The highest BCUT2D eigenvalue weighted by Gasteiger charge is 2.36. The summed E-state index contributed by atoms with van der Waals surface area (Å²) in [6.45, 7) is 1.54. The van der Waals surface area contributed by atoms with E-state index >= 15 is 0 Å². The van der Waals surface area contributed by atoms with Crippen LogP contribution in [-0.4, -0.2) is 43.9 Å². The zero-order chi connectivity index (χ0) is 19.6. The molecule has 2 fully saturated rings. The SMILES string of the molecule is O=C([C@H](c1ccccc1)C1CCCC1)N1CCC(n2nnc3cccnc32)CC1. The number of pyridine rings is 1. The number of hydrogen-bond acceptors (Lipinski definition) is 4. The molecule has 1 atom stereocenters. The van der Waals surface area contributed by atoms with Gasteiger partial charge in [-0.25, -0.2) is 9.67 Å². The van der Waals surface area contributed by atoms with Crippen molar-refractivity contribution in [1.82, 2.24) is 24.9 Å². The van der Waals surface area contributed by atoms with Gasteiger partial charge in [0, 0.05) is 19.3 Å². The first kappa shape index (κ1) is 18.3. The molecule has 3 aromatic rings. The van der Waals surface area contributed by atoms with Crippen molar-refractivity contribution in [2.45, 2.75) is 50.5 Å². The number of aromatic nitrogens is 4. The van der Waals surface area contributed by atoms with Crippen molar-refractivity contribution in [2.24, 2.45) is 5.92 Å². The van der Waals surface area contributed by atoms with Crippen molar-refractivity contribution in [2.75, 3.05) is 13.1 Å². The van der Waals surface area contributed by atoms with Gasteiger partial charge in [-0.05, 0) is 49.3 Å². The number of fused-ring (bicyclic) bond motifs is 1. The van der Waals surface area contributed by atoms with Gasteiger partial charge >= 0.3 is 0 Å². The van der Waals surface area contributed by atoms with E-state index in [1.807, 2.05) is 22.9 Å². The highest BCUT2D eigenvalue weighted by molar-refractivity contribution is 5.84. The molecule has 0 radical (unpaired) electrons. The van der Waals surface area contributed by atoms with Crippen LogP contribution >= 0.6 is 0 Å². The minimum absolute atomic E-state index is 0.00381. The highest BCUT2D eigenvalue weighted by atomic mass is 16.2. The minimum Gasteiger partial charge on any atom is -0.342 e. The van der Waals surface area contributed by atoms with Gasteiger partial charge in [-0.3, -0.25) is 4.79 Å². The number of benzene rings is 1. The Morgan fingerprint density at radius 1 is 0.966 bits per heavy atom. The van der Waals surface area contributed by atoms with Crippen LogP contribution in [0.3, 0.4) is 0 Å². The van der Waals surface area contributed by atoms with Crippen molar-refractivity contribution >= 4 is 17.1 Å². The smallest absolute Gasteiger partial charge is 0.230 e. The van der Waals surface area contributed by atoms with Crippen LogP contribution in [0, 0.1) is 5.92 Å². The second kappa shape index (κ2) is 7.93. The van der Waals surface area contributed by atoms with Crippen LogP contribution in [0.4, 0.5) is 0 Å². The average Bonchev–Trinajstić information content (AvgIpc) is 3.45. The van der Waals surface area contributed by atoms with E-state index < -0.39 is 0 Å². The van der Waals surface area contributed by atoms with Crippen LogP contribution in [0.25, 0.3) is 11.2 Å². The molecule has 2 aromatic heterocycles. The average molecular weight is 390 g/mol. The highest BCUT2D eigenvalue weighted by Crippen LogP contribution is 2.39. The first-order chi connectivity index (χ1) is 14.3. The predicted octanol–water partition coefficient (Wildman–Crippen LogP) is 3.96. The fourth-order valence-corrected chi connectivity index (χ4v) is 5.12. The summed E-state index contributed by atoms with van der Waals surface area (Å²) in [6.07, 6.45) is 8.40. The van der Waals surface area contributed by atoms with E-state index in [2.05, 4.69) is 44.5 Å². The van der Waals surface area contributed by atoms with Crippen molar-refractivity contribution in [1.29, 1.82) is 0 Å². The summed E-state index contributed by atoms with van der Waals surface area (Å²) in [6, 6.07) is 14.5. The first-order valence-corrected chi connectivity index (χ1v) is 10.8. The van der Waals surface area contributed by atoms with E-state index in [1.165, 1.54) is 31.2 Å². The summed E-state index contributed by atoms with van der Waals surface area (Å²) >= 11 is 0. The molecule has 5 rings (SSSR count). The molecule has 1 aromatic carbocycles. The van der Waals surface area contributed by atoms with Gasteiger partial charge < -0.3 is 4.90 Å². The first-order valence-electron chi connectivity index (χ1n) is 10.8. The molecular formula is C23H27N5O. The number of hydrogen-bond donors (Lipinski definition) is 0. The third kappa shape index (κ3) is 3.52. The van der Waals surface area contributed by atoms with Crippen LogP contribution in [0.5, 0.6) is 0 Å². The lowest BCUT2D eigenvalue weighted by Crippen LogP contribution is -2.43. The molecule has 150 valence electrons. The number of amides is 1. The number of nitrogens with zero attached hydrogens (tertiary/aromatic N) is 5. The fourth-order valence-electron chi connectivity index (χ4n) is 5.12. The normalized spacial score (nSPS) is 19.7. The largest absolute Gasteiger partial charge is 0.342 e. The topological polar surface area (TPSA) is 63.9 Å². The molecule has 2 aliphatic rings. The summed E-state index contributed by atoms with van der Waals surface area (Å²) < 4.78 is 1.95. The van der Waals surface area contributed by atoms with E-state index in [4.69, 9.17) is 0 Å². The van der Waals surface area contributed by atoms with Crippen molar-refractivity contribution in [3.05, 3.63) is 54.2 Å². The lowest BCUT2D eigenvalue weighted by Gasteiger charge is -2.36. The molecular weight excluding hydrogens is 362 g/mol. The Balaban J connectivity index is 1.32. The Morgan fingerprint density at radius 2 is 1.72 bits per heavy atom. The lowest BCUT2D eigenvalue weighted by molar-refractivity contribution is -0.135. The van der Waals surface area contributed by atoms with Gasteiger partial charge in [0.2, 0.25) is 5.91 Å². The quantitative estimate of drug-likeness (QED) is 0.677. The Labute approximate surface area is 170 Å². The van der Waals surface area contributed by atoms with Gasteiger partial charge in [-0.2, -0.15) is 0 Å². The van der Waals surface area contributed by atoms with Crippen molar-refractivity contribution in [3.8, 4) is 0 Å². The standard InChI is InChI=1S/C23H27N5O/c29-23(21(18-9-4-5-10-18)17-7-2-1-3-8-17)27-15-12-19(13-16-27)28-22-20(25-26-28)11-6-14-24-22/h1-3,6-8,11,14,18-19,21H,4-5,9-10,12-13,15-16H2/t21-/m1/s1. The molecule has 1 saturated carbocycles. The molecule has 29 heavy (non-hydrogen) atoms. The molecule has 1 aliphatic carbocycles. The number of rotatable bonds is 4. The predicted molar refractivity (Wildman–Crippen MR) is 111 cm³/mol. The van der Waals surface area contributed by atoms with E-state index in [9.17, 15) is 4.79 Å². The second-order valence-electron chi connectivity index (χ2n) is 8.37. The lowest BCUT2D eigenvalue weighted by atomic mass is 9.83. The number of piperidine rings is 1. The third-order valence-electron chi connectivity index (χ3n) is 6.65. The molecule has 0 unspecified atom stereocenters. The maximum absolute atomic E-state index is 13.6. The Morgan fingerprint density at radius 3 is 2.48 bits per heavy atom. The Hall–Kier alpha value is -2.76. The molecule has 0 spiro atoms. The zero-order valence-corrected chi connectivity index (χ0v) is 16.7. The molecule has 6 heteroatoms. The molecule has 1 aliphatic heterocycles. The van der Waals surface area contributed by atoms with Gasteiger partial charge in [0.25, 0.3) is 0 Å². The van der Waals surface area contributed by atoms with Gasteiger partial charge in [0.05, 0.1) is 12.0 Å². The summed E-state index contributed by atoms with van der Waals surface area (Å²) in [4.78, 5) is 20.1. The zero-order valence-electron chi connectivity index (χ0n) is 16.7. The van der Waals surface area contributed by atoms with Crippen LogP contribution < -0.4 is 0 Å². The molecule has 3 heterocycles. The number of carbonyl (C=O) groups excluding carboxylic acids is 1. The van der Waals surface area contributed by atoms with E-state index in [0.717, 1.165) is 37.1 Å². The monoisotopic (exact) mass is 389 g/mol. The molecule has 0 bridgehead atoms. The third-order valence-corrected chi connectivity index (χ3v) is 6.65. The Bertz CT molecular complexity index is 971. The van der Waals surface area contributed by atoms with Gasteiger partial charge in [-0.15, -0.1) is 5.10 Å². The molecule has 1 saturated heterocycles. The van der Waals surface area contributed by atoms with Crippen LogP contribution in [-0.2, 0) is 4.79 Å². The van der Waals surface area contributed by atoms with Crippen LogP contribution in [0.1, 0.15) is 56.0 Å².